The molecule has 0 fully saturated rings. The van der Waals surface area contributed by atoms with Crippen LogP contribution in [0.25, 0.3) is 0 Å². The van der Waals surface area contributed by atoms with E-state index in [1.807, 2.05) is 36.4 Å². The first-order chi connectivity index (χ1) is 13.6. The van der Waals surface area contributed by atoms with Crippen molar-refractivity contribution < 1.29 is 13.2 Å². The maximum absolute atomic E-state index is 12.2. The Bertz CT molecular complexity index is 1040. The van der Waals surface area contributed by atoms with Gasteiger partial charge in [-0.3, -0.25) is 0 Å². The summed E-state index contributed by atoms with van der Waals surface area (Å²) in [6.45, 7) is 0. The Morgan fingerprint density at radius 3 is 2.61 bits per heavy atom. The molecule has 8 heteroatoms. The zero-order chi connectivity index (χ0) is 19.8. The van der Waals surface area contributed by atoms with Gasteiger partial charge in [-0.1, -0.05) is 24.3 Å². The van der Waals surface area contributed by atoms with Crippen molar-refractivity contribution in [3.8, 4) is 5.75 Å². The van der Waals surface area contributed by atoms with Gasteiger partial charge in [-0.25, -0.2) is 9.82 Å². The highest BCUT2D eigenvalue weighted by Crippen LogP contribution is 2.27. The number of thioether (sulfide) groups is 1. The monoisotopic (exact) mass is 413 g/mol. The third kappa shape index (κ3) is 5.34. The highest BCUT2D eigenvalue weighted by atomic mass is 32.2. The Morgan fingerprint density at radius 1 is 1.11 bits per heavy atom. The summed E-state index contributed by atoms with van der Waals surface area (Å²) in [4.78, 5) is 6.68. The van der Waals surface area contributed by atoms with E-state index >= 15 is 0 Å². The molecule has 3 aromatic rings. The van der Waals surface area contributed by atoms with Crippen LogP contribution in [0, 0.1) is 0 Å². The predicted octanol–water partition coefficient (Wildman–Crippen LogP) is 3.69. The average molecular weight is 414 g/mol. The molecule has 0 unspecified atom stereocenters. The predicted molar refractivity (Wildman–Crippen MR) is 111 cm³/mol. The number of hydrazone groups is 1. The summed E-state index contributed by atoms with van der Waals surface area (Å²) in [5.41, 5.74) is 1.72. The van der Waals surface area contributed by atoms with E-state index in [1.54, 1.807) is 43.3 Å². The first-order valence-electron chi connectivity index (χ1n) is 8.39. The number of ether oxygens (including phenoxy) is 1. The number of benzene rings is 2. The van der Waals surface area contributed by atoms with Crippen molar-refractivity contribution in [2.24, 2.45) is 5.10 Å². The minimum Gasteiger partial charge on any atom is -0.496 e. The van der Waals surface area contributed by atoms with Crippen molar-refractivity contribution in [1.82, 2.24) is 9.82 Å². The number of hydrogen-bond donors (Lipinski definition) is 1. The third-order valence-electron chi connectivity index (χ3n) is 3.76. The van der Waals surface area contributed by atoms with E-state index in [4.69, 9.17) is 4.74 Å². The fourth-order valence-corrected chi connectivity index (χ4v) is 4.05. The Morgan fingerprint density at radius 2 is 1.89 bits per heavy atom. The minimum absolute atomic E-state index is 0.161. The fourth-order valence-electron chi connectivity index (χ4n) is 2.40. The van der Waals surface area contributed by atoms with E-state index in [2.05, 4.69) is 14.9 Å². The van der Waals surface area contributed by atoms with Gasteiger partial charge in [0.05, 0.1) is 23.2 Å². The van der Waals surface area contributed by atoms with Crippen molar-refractivity contribution in [2.75, 3.05) is 7.11 Å². The van der Waals surface area contributed by atoms with Crippen molar-refractivity contribution in [2.45, 2.75) is 15.7 Å². The molecule has 1 aromatic heterocycles. The van der Waals surface area contributed by atoms with Gasteiger partial charge in [0.1, 0.15) is 5.75 Å². The van der Waals surface area contributed by atoms with Crippen LogP contribution < -0.4 is 9.57 Å². The lowest BCUT2D eigenvalue weighted by Crippen LogP contribution is -2.18. The van der Waals surface area contributed by atoms with E-state index in [-0.39, 0.29) is 4.90 Å². The number of rotatable bonds is 8. The second-order valence-electron chi connectivity index (χ2n) is 5.69. The maximum atomic E-state index is 12.2. The SMILES string of the molecule is COc1ccc(/C=N/NS(=O)(=O)c2ccccc2)cc1CSc1ccccn1. The van der Waals surface area contributed by atoms with Gasteiger partial charge in [-0.05, 0) is 48.0 Å². The summed E-state index contributed by atoms with van der Waals surface area (Å²) in [6, 6.07) is 19.4. The van der Waals surface area contributed by atoms with Crippen molar-refractivity contribution >= 4 is 28.0 Å². The Labute approximate surface area is 168 Å². The molecule has 0 aliphatic rings. The molecule has 0 radical (unpaired) electrons. The van der Waals surface area contributed by atoms with Crippen LogP contribution in [0.15, 0.2) is 87.9 Å². The van der Waals surface area contributed by atoms with Crippen molar-refractivity contribution in [3.05, 3.63) is 84.1 Å². The van der Waals surface area contributed by atoms with Gasteiger partial charge in [0.25, 0.3) is 10.0 Å². The molecule has 0 aliphatic carbocycles. The van der Waals surface area contributed by atoms with Gasteiger partial charge in [0, 0.05) is 17.5 Å². The number of methoxy groups -OCH3 is 1. The summed E-state index contributed by atoms with van der Waals surface area (Å²) in [5.74, 6) is 1.42. The topological polar surface area (TPSA) is 80.6 Å². The van der Waals surface area contributed by atoms with Crippen LogP contribution in [0.4, 0.5) is 0 Å². The van der Waals surface area contributed by atoms with Gasteiger partial charge in [-0.2, -0.15) is 13.5 Å². The lowest BCUT2D eigenvalue weighted by Gasteiger charge is -2.09. The van der Waals surface area contributed by atoms with E-state index in [0.29, 0.717) is 5.75 Å². The van der Waals surface area contributed by atoms with E-state index in [1.165, 1.54) is 18.3 Å². The average Bonchev–Trinajstić information content (AvgIpc) is 2.73. The quantitative estimate of drug-likeness (QED) is 0.346. The molecule has 0 amide bonds. The molecule has 0 aliphatic heterocycles. The largest absolute Gasteiger partial charge is 0.496 e. The molecule has 6 nitrogen and oxygen atoms in total. The zero-order valence-electron chi connectivity index (χ0n) is 15.1. The van der Waals surface area contributed by atoms with Crippen LogP contribution in [0.1, 0.15) is 11.1 Å². The molecule has 0 spiro atoms. The summed E-state index contributed by atoms with van der Waals surface area (Å²) in [5, 5.41) is 4.80. The van der Waals surface area contributed by atoms with Gasteiger partial charge in [0.15, 0.2) is 0 Å². The van der Waals surface area contributed by atoms with Crippen molar-refractivity contribution in [1.29, 1.82) is 0 Å². The molecule has 1 heterocycles. The van der Waals surface area contributed by atoms with E-state index in [9.17, 15) is 8.42 Å². The number of nitrogens with zero attached hydrogens (tertiary/aromatic N) is 2. The molecule has 2 aromatic carbocycles. The lowest BCUT2D eigenvalue weighted by molar-refractivity contribution is 0.411. The molecular weight excluding hydrogens is 394 g/mol. The third-order valence-corrected chi connectivity index (χ3v) is 5.99. The molecule has 28 heavy (non-hydrogen) atoms. The maximum Gasteiger partial charge on any atom is 0.276 e. The molecule has 1 N–H and O–H groups in total. The van der Waals surface area contributed by atoms with Crippen LogP contribution in [-0.2, 0) is 15.8 Å². The number of hydrogen-bond acceptors (Lipinski definition) is 6. The highest BCUT2D eigenvalue weighted by molar-refractivity contribution is 7.98. The number of aromatic nitrogens is 1. The number of nitrogens with one attached hydrogen (secondary N) is 1. The standard InChI is InChI=1S/C20H19N3O3S2/c1-26-19-11-10-16(13-17(19)15-27-20-9-5-6-12-21-20)14-22-23-28(24,25)18-7-3-2-4-8-18/h2-14,23H,15H2,1H3/b22-14+. The zero-order valence-corrected chi connectivity index (χ0v) is 16.8. The highest BCUT2D eigenvalue weighted by Gasteiger charge is 2.11. The normalized spacial score (nSPS) is 11.5. The van der Waals surface area contributed by atoms with E-state index < -0.39 is 10.0 Å². The summed E-state index contributed by atoms with van der Waals surface area (Å²) in [7, 11) is -2.07. The van der Waals surface area contributed by atoms with Crippen LogP contribution in [-0.4, -0.2) is 26.7 Å². The van der Waals surface area contributed by atoms with Gasteiger partial charge in [-0.15, -0.1) is 11.8 Å². The second kappa shape index (κ2) is 9.38. The summed E-state index contributed by atoms with van der Waals surface area (Å²) in [6.07, 6.45) is 3.22. The van der Waals surface area contributed by atoms with Crippen LogP contribution in [0.5, 0.6) is 5.75 Å². The second-order valence-corrected chi connectivity index (χ2v) is 8.35. The molecule has 3 rings (SSSR count). The molecule has 0 saturated carbocycles. The summed E-state index contributed by atoms with van der Waals surface area (Å²) < 4.78 is 29.8. The molecule has 0 atom stereocenters. The number of pyridine rings is 1. The van der Waals surface area contributed by atoms with Crippen molar-refractivity contribution in [3.63, 3.8) is 0 Å². The van der Waals surface area contributed by atoms with Crippen LogP contribution in [0.3, 0.4) is 0 Å². The first kappa shape index (κ1) is 19.9. The minimum atomic E-state index is -3.68. The molecule has 0 bridgehead atoms. The molecule has 144 valence electrons. The van der Waals surface area contributed by atoms with Gasteiger partial charge in [0.2, 0.25) is 0 Å². The lowest BCUT2D eigenvalue weighted by atomic mass is 10.1. The fraction of sp³-hybridized carbons (Fsp3) is 0.100. The Kier molecular flexibility index (Phi) is 6.67. The molecular formula is C20H19N3O3S2. The Balaban J connectivity index is 1.71. The van der Waals surface area contributed by atoms with Crippen LogP contribution in [0.2, 0.25) is 0 Å². The number of sulfonamides is 1. The van der Waals surface area contributed by atoms with Crippen LogP contribution >= 0.6 is 11.8 Å². The Hall–Kier alpha value is -2.84. The first-order valence-corrected chi connectivity index (χ1v) is 10.9. The molecule has 0 saturated heterocycles. The summed E-state index contributed by atoms with van der Waals surface area (Å²) >= 11 is 1.59. The van der Waals surface area contributed by atoms with Gasteiger partial charge >= 0.3 is 0 Å². The smallest absolute Gasteiger partial charge is 0.276 e. The van der Waals surface area contributed by atoms with Gasteiger partial charge < -0.3 is 4.74 Å². The van der Waals surface area contributed by atoms with E-state index in [0.717, 1.165) is 21.9 Å².